The van der Waals surface area contributed by atoms with Gasteiger partial charge in [-0.25, -0.2) is 4.79 Å². The minimum atomic E-state index is -0.111. The average Bonchev–Trinajstić information content (AvgIpc) is 2.62. The molecule has 0 aromatic carbocycles. The van der Waals surface area contributed by atoms with E-state index in [1.165, 1.54) is 32.1 Å². The molecule has 2 fully saturated rings. The average molecular weight is 211 g/mol. The fourth-order valence-corrected chi connectivity index (χ4v) is 2.68. The summed E-state index contributed by atoms with van der Waals surface area (Å²) in [6.45, 7) is 4.90. The Balaban J connectivity index is 1.92. The van der Waals surface area contributed by atoms with Gasteiger partial charge in [-0.15, -0.1) is 0 Å². The molecule has 1 aliphatic carbocycles. The van der Waals surface area contributed by atoms with E-state index in [4.69, 9.17) is 4.74 Å². The maximum atomic E-state index is 11.6. The lowest BCUT2D eigenvalue weighted by atomic mass is 9.85. The van der Waals surface area contributed by atoms with Gasteiger partial charge >= 0.3 is 6.09 Å². The zero-order valence-corrected chi connectivity index (χ0v) is 9.74. The first kappa shape index (κ1) is 10.8. The second-order valence-corrected chi connectivity index (χ2v) is 5.07. The van der Waals surface area contributed by atoms with Crippen molar-refractivity contribution in [2.24, 2.45) is 5.92 Å². The molecule has 0 radical (unpaired) electrons. The van der Waals surface area contributed by atoms with Crippen molar-refractivity contribution in [2.45, 2.75) is 58.1 Å². The molecule has 0 bridgehead atoms. The topological polar surface area (TPSA) is 29.5 Å². The smallest absolute Gasteiger partial charge is 0.410 e. The van der Waals surface area contributed by atoms with Gasteiger partial charge in [0, 0.05) is 6.04 Å². The second-order valence-electron chi connectivity index (χ2n) is 5.07. The van der Waals surface area contributed by atoms with Crippen molar-refractivity contribution in [2.75, 3.05) is 6.54 Å². The van der Waals surface area contributed by atoms with Crippen LogP contribution in [0.5, 0.6) is 0 Å². The van der Waals surface area contributed by atoms with Gasteiger partial charge in [-0.1, -0.05) is 19.3 Å². The molecule has 2 aliphatic rings. The summed E-state index contributed by atoms with van der Waals surface area (Å²) in [5.41, 5.74) is 0. The number of carbonyl (C=O) groups is 1. The Bertz CT molecular complexity index is 234. The van der Waals surface area contributed by atoms with Gasteiger partial charge in [0.25, 0.3) is 0 Å². The standard InChI is InChI=1S/C12H21NO2/c1-9(2)13-8-11(15-12(13)14)10-6-4-3-5-7-10/h9-11H,3-8H2,1-2H3. The van der Waals surface area contributed by atoms with E-state index in [9.17, 15) is 4.79 Å². The van der Waals surface area contributed by atoms with Crippen LogP contribution in [0.2, 0.25) is 0 Å². The minimum absolute atomic E-state index is 0.111. The van der Waals surface area contributed by atoms with E-state index < -0.39 is 0 Å². The van der Waals surface area contributed by atoms with Crippen molar-refractivity contribution in [1.29, 1.82) is 0 Å². The van der Waals surface area contributed by atoms with Gasteiger partial charge in [-0.2, -0.15) is 0 Å². The highest BCUT2D eigenvalue weighted by atomic mass is 16.6. The second kappa shape index (κ2) is 4.42. The monoisotopic (exact) mass is 211 g/mol. The van der Waals surface area contributed by atoms with Crippen LogP contribution in [0.1, 0.15) is 46.0 Å². The van der Waals surface area contributed by atoms with E-state index in [-0.39, 0.29) is 18.2 Å². The number of hydrogen-bond acceptors (Lipinski definition) is 2. The van der Waals surface area contributed by atoms with Gasteiger partial charge in [0.1, 0.15) is 6.10 Å². The number of hydrogen-bond donors (Lipinski definition) is 0. The first-order valence-corrected chi connectivity index (χ1v) is 6.15. The molecular weight excluding hydrogens is 190 g/mol. The van der Waals surface area contributed by atoms with E-state index in [2.05, 4.69) is 0 Å². The predicted molar refractivity (Wildman–Crippen MR) is 58.7 cm³/mol. The molecule has 2 rings (SSSR count). The summed E-state index contributed by atoms with van der Waals surface area (Å²) in [4.78, 5) is 13.4. The lowest BCUT2D eigenvalue weighted by molar-refractivity contribution is 0.0875. The lowest BCUT2D eigenvalue weighted by Gasteiger charge is -2.25. The summed E-state index contributed by atoms with van der Waals surface area (Å²) < 4.78 is 5.46. The van der Waals surface area contributed by atoms with Crippen LogP contribution < -0.4 is 0 Å². The summed E-state index contributed by atoms with van der Waals surface area (Å²) >= 11 is 0. The number of ether oxygens (including phenoxy) is 1. The lowest BCUT2D eigenvalue weighted by Crippen LogP contribution is -2.33. The highest BCUT2D eigenvalue weighted by Crippen LogP contribution is 2.31. The van der Waals surface area contributed by atoms with Crippen LogP contribution in [0.3, 0.4) is 0 Å². The molecule has 86 valence electrons. The molecule has 0 N–H and O–H groups in total. The first-order chi connectivity index (χ1) is 7.18. The molecule has 1 aliphatic heterocycles. The van der Waals surface area contributed by atoms with Crippen LogP contribution in [-0.2, 0) is 4.74 Å². The van der Waals surface area contributed by atoms with Crippen LogP contribution in [0.25, 0.3) is 0 Å². The van der Waals surface area contributed by atoms with Gasteiger partial charge in [-0.3, -0.25) is 0 Å². The van der Waals surface area contributed by atoms with E-state index in [0.717, 1.165) is 6.54 Å². The van der Waals surface area contributed by atoms with Crippen molar-refractivity contribution >= 4 is 6.09 Å². The van der Waals surface area contributed by atoms with Gasteiger partial charge < -0.3 is 9.64 Å². The number of carbonyl (C=O) groups excluding carboxylic acids is 1. The Kier molecular flexibility index (Phi) is 3.17. The highest BCUT2D eigenvalue weighted by Gasteiger charge is 2.37. The van der Waals surface area contributed by atoms with Gasteiger partial charge in [0.15, 0.2) is 0 Å². The Hall–Kier alpha value is -0.730. The van der Waals surface area contributed by atoms with E-state index in [1.54, 1.807) is 0 Å². The predicted octanol–water partition coefficient (Wildman–Crippen LogP) is 2.80. The van der Waals surface area contributed by atoms with Crippen LogP contribution in [0.15, 0.2) is 0 Å². The highest BCUT2D eigenvalue weighted by molar-refractivity contribution is 5.70. The van der Waals surface area contributed by atoms with Gasteiger partial charge in [0.2, 0.25) is 0 Å². The maximum Gasteiger partial charge on any atom is 0.410 e. The van der Waals surface area contributed by atoms with Crippen LogP contribution in [0.4, 0.5) is 4.79 Å². The molecule has 1 saturated heterocycles. The quantitative estimate of drug-likeness (QED) is 0.703. The molecule has 3 nitrogen and oxygen atoms in total. The van der Waals surface area contributed by atoms with Crippen molar-refractivity contribution in [3.8, 4) is 0 Å². The third-order valence-electron chi connectivity index (χ3n) is 3.66. The first-order valence-electron chi connectivity index (χ1n) is 6.15. The molecule has 3 heteroatoms. The number of rotatable bonds is 2. The Labute approximate surface area is 91.8 Å². The SMILES string of the molecule is CC(C)N1CC(C2CCCCC2)OC1=O. The maximum absolute atomic E-state index is 11.6. The van der Waals surface area contributed by atoms with Crippen LogP contribution in [0, 0.1) is 5.92 Å². The molecule has 1 atom stereocenters. The van der Waals surface area contributed by atoms with Gasteiger partial charge in [-0.05, 0) is 32.6 Å². The summed E-state index contributed by atoms with van der Waals surface area (Å²) in [5.74, 6) is 0.617. The molecule has 15 heavy (non-hydrogen) atoms. The molecule has 1 amide bonds. The van der Waals surface area contributed by atoms with Crippen molar-refractivity contribution in [3.05, 3.63) is 0 Å². The van der Waals surface area contributed by atoms with Crippen LogP contribution in [-0.4, -0.2) is 29.7 Å². The number of amides is 1. The zero-order valence-electron chi connectivity index (χ0n) is 9.74. The van der Waals surface area contributed by atoms with E-state index >= 15 is 0 Å². The summed E-state index contributed by atoms with van der Waals surface area (Å²) in [5, 5.41) is 0. The molecule has 0 spiro atoms. The van der Waals surface area contributed by atoms with Crippen molar-refractivity contribution < 1.29 is 9.53 Å². The van der Waals surface area contributed by atoms with E-state index in [1.807, 2.05) is 18.7 Å². The summed E-state index contributed by atoms with van der Waals surface area (Å²) in [6.07, 6.45) is 6.50. The third kappa shape index (κ3) is 2.27. The van der Waals surface area contributed by atoms with Crippen molar-refractivity contribution in [1.82, 2.24) is 4.90 Å². The largest absolute Gasteiger partial charge is 0.444 e. The molecule has 1 saturated carbocycles. The molecule has 0 aromatic heterocycles. The van der Waals surface area contributed by atoms with Crippen LogP contribution >= 0.6 is 0 Å². The minimum Gasteiger partial charge on any atom is -0.444 e. The zero-order chi connectivity index (χ0) is 10.8. The Morgan fingerprint density at radius 1 is 1.27 bits per heavy atom. The van der Waals surface area contributed by atoms with Crippen molar-refractivity contribution in [3.63, 3.8) is 0 Å². The Morgan fingerprint density at radius 3 is 2.47 bits per heavy atom. The molecular formula is C12H21NO2. The normalized spacial score (nSPS) is 28.6. The summed E-state index contributed by atoms with van der Waals surface area (Å²) in [6, 6.07) is 0.270. The third-order valence-corrected chi connectivity index (χ3v) is 3.66. The molecule has 1 heterocycles. The fourth-order valence-electron chi connectivity index (χ4n) is 2.68. The molecule has 1 unspecified atom stereocenters. The summed E-state index contributed by atoms with van der Waals surface area (Å²) in [7, 11) is 0. The van der Waals surface area contributed by atoms with E-state index in [0.29, 0.717) is 5.92 Å². The number of cyclic esters (lactones) is 1. The number of nitrogens with zero attached hydrogens (tertiary/aromatic N) is 1. The fraction of sp³-hybridized carbons (Fsp3) is 0.917. The Morgan fingerprint density at radius 2 is 1.93 bits per heavy atom. The molecule has 0 aromatic rings. The van der Waals surface area contributed by atoms with Gasteiger partial charge in [0.05, 0.1) is 6.54 Å².